The molecule has 0 amide bonds. The Labute approximate surface area is 52.2 Å². The Hall–Kier alpha value is -1.11. The van der Waals surface area contributed by atoms with Crippen LogP contribution in [-0.4, -0.2) is 18.6 Å². The molecule has 0 radical (unpaired) electrons. The Morgan fingerprint density at radius 1 is 1.89 bits per heavy atom. The molecule has 1 N–H and O–H groups in total. The van der Waals surface area contributed by atoms with Gasteiger partial charge < -0.3 is 0 Å². The smallest absolute Gasteiger partial charge is 0.182 e. The van der Waals surface area contributed by atoms with E-state index < -0.39 is 6.17 Å². The number of rotatable bonds is 0. The number of hydrogen-bond donors (Lipinski definition) is 1. The molecule has 0 aromatic heterocycles. The Kier molecular flexibility index (Phi) is 1.63. The summed E-state index contributed by atoms with van der Waals surface area (Å²) in [6.45, 7) is 0.491. The summed E-state index contributed by atoms with van der Waals surface area (Å²) in [6, 6.07) is 0. The minimum absolute atomic E-state index is 0.178. The third-order valence-corrected chi connectivity index (χ3v) is 1.15. The SMILES string of the molecule is N#CNC1=NCCC1F. The Balaban J connectivity index is 2.50. The number of hydrogen-bond acceptors (Lipinski definition) is 3. The first-order valence-corrected chi connectivity index (χ1v) is 2.68. The van der Waals surface area contributed by atoms with Gasteiger partial charge in [0.15, 0.2) is 12.4 Å². The zero-order valence-corrected chi connectivity index (χ0v) is 4.76. The number of halogens is 1. The van der Waals surface area contributed by atoms with Crippen molar-refractivity contribution in [1.29, 1.82) is 5.26 Å². The Morgan fingerprint density at radius 2 is 2.67 bits per heavy atom. The van der Waals surface area contributed by atoms with Gasteiger partial charge in [-0.15, -0.1) is 0 Å². The summed E-state index contributed by atoms with van der Waals surface area (Å²) in [4.78, 5) is 3.71. The maximum Gasteiger partial charge on any atom is 0.182 e. The molecule has 1 aliphatic rings. The predicted octanol–water partition coefficient (Wildman–Crippen LogP) is 0.197. The summed E-state index contributed by atoms with van der Waals surface area (Å²) >= 11 is 0. The molecule has 1 unspecified atom stereocenters. The van der Waals surface area contributed by atoms with Gasteiger partial charge in [-0.1, -0.05) is 0 Å². The van der Waals surface area contributed by atoms with Gasteiger partial charge in [-0.3, -0.25) is 10.3 Å². The van der Waals surface area contributed by atoms with Crippen LogP contribution in [0.5, 0.6) is 0 Å². The number of nitrogens with one attached hydrogen (secondary N) is 1. The molecule has 0 aliphatic carbocycles. The van der Waals surface area contributed by atoms with Crippen LogP contribution in [-0.2, 0) is 0 Å². The van der Waals surface area contributed by atoms with Crippen LogP contribution in [0.25, 0.3) is 0 Å². The second-order valence-electron chi connectivity index (χ2n) is 1.76. The van der Waals surface area contributed by atoms with Gasteiger partial charge in [0.2, 0.25) is 0 Å². The Bertz CT molecular complexity index is 170. The van der Waals surface area contributed by atoms with Crippen molar-refractivity contribution in [3.05, 3.63) is 0 Å². The monoisotopic (exact) mass is 127 g/mol. The van der Waals surface area contributed by atoms with E-state index in [0.29, 0.717) is 13.0 Å². The lowest BCUT2D eigenvalue weighted by Gasteiger charge is -1.97. The number of nitrogens with zero attached hydrogens (tertiary/aromatic N) is 2. The summed E-state index contributed by atoms with van der Waals surface area (Å²) in [6.07, 6.45) is 0.975. The van der Waals surface area contributed by atoms with Crippen LogP contribution < -0.4 is 5.32 Å². The summed E-state index contributed by atoms with van der Waals surface area (Å²) in [7, 11) is 0. The molecule has 3 nitrogen and oxygen atoms in total. The fourth-order valence-corrected chi connectivity index (χ4v) is 0.709. The fraction of sp³-hybridized carbons (Fsp3) is 0.600. The van der Waals surface area contributed by atoms with Crippen LogP contribution in [0.2, 0.25) is 0 Å². The molecule has 0 aromatic rings. The van der Waals surface area contributed by atoms with Gasteiger partial charge in [0, 0.05) is 13.0 Å². The van der Waals surface area contributed by atoms with Gasteiger partial charge in [0.05, 0.1) is 0 Å². The van der Waals surface area contributed by atoms with Gasteiger partial charge >= 0.3 is 0 Å². The lowest BCUT2D eigenvalue weighted by atomic mass is 10.3. The molecule has 1 aliphatic heterocycles. The molecule has 0 spiro atoms. The maximum absolute atomic E-state index is 12.4. The lowest BCUT2D eigenvalue weighted by Crippen LogP contribution is -2.24. The molecule has 0 aromatic carbocycles. The van der Waals surface area contributed by atoms with Gasteiger partial charge in [0.25, 0.3) is 0 Å². The van der Waals surface area contributed by atoms with E-state index in [2.05, 4.69) is 10.3 Å². The average Bonchev–Trinajstić information content (AvgIpc) is 2.18. The Morgan fingerprint density at radius 3 is 3.11 bits per heavy atom. The zero-order chi connectivity index (χ0) is 6.69. The van der Waals surface area contributed by atoms with Crippen molar-refractivity contribution in [1.82, 2.24) is 5.32 Å². The quantitative estimate of drug-likeness (QED) is 0.373. The van der Waals surface area contributed by atoms with E-state index in [-0.39, 0.29) is 5.84 Å². The largest absolute Gasteiger partial charge is 0.278 e. The third kappa shape index (κ3) is 1.17. The van der Waals surface area contributed by atoms with E-state index in [9.17, 15) is 4.39 Å². The van der Waals surface area contributed by atoms with E-state index in [0.717, 1.165) is 0 Å². The van der Waals surface area contributed by atoms with Gasteiger partial charge in [0.1, 0.15) is 5.84 Å². The zero-order valence-electron chi connectivity index (χ0n) is 4.76. The molecule has 4 heteroatoms. The number of nitriles is 1. The first kappa shape index (κ1) is 6.02. The molecule has 1 heterocycles. The second kappa shape index (κ2) is 2.44. The highest BCUT2D eigenvalue weighted by molar-refractivity contribution is 5.88. The van der Waals surface area contributed by atoms with Gasteiger partial charge in [-0.2, -0.15) is 5.26 Å². The molecular formula is C5H6FN3. The molecule has 0 saturated heterocycles. The topological polar surface area (TPSA) is 48.2 Å². The molecule has 1 rings (SSSR count). The van der Waals surface area contributed by atoms with E-state index in [1.54, 1.807) is 6.19 Å². The average molecular weight is 127 g/mol. The number of alkyl halides is 1. The summed E-state index contributed by atoms with van der Waals surface area (Å²) in [5.74, 6) is 0.178. The predicted molar refractivity (Wildman–Crippen MR) is 30.6 cm³/mol. The van der Waals surface area contributed by atoms with Crippen molar-refractivity contribution < 1.29 is 4.39 Å². The van der Waals surface area contributed by atoms with E-state index in [1.165, 1.54) is 0 Å². The van der Waals surface area contributed by atoms with E-state index in [1.807, 2.05) is 0 Å². The standard InChI is InChI=1S/C5H6FN3/c6-4-1-2-8-5(4)9-3-7/h4H,1-2H2,(H,8,9). The fourth-order valence-electron chi connectivity index (χ4n) is 0.709. The molecule has 0 fully saturated rings. The second-order valence-corrected chi connectivity index (χ2v) is 1.76. The summed E-state index contributed by atoms with van der Waals surface area (Å²) in [5.41, 5.74) is 0. The molecular weight excluding hydrogens is 121 g/mol. The summed E-state index contributed by atoms with van der Waals surface area (Å²) in [5, 5.41) is 10.2. The van der Waals surface area contributed by atoms with Crippen LogP contribution >= 0.6 is 0 Å². The van der Waals surface area contributed by atoms with Crippen LogP contribution in [0.3, 0.4) is 0 Å². The van der Waals surface area contributed by atoms with Crippen LogP contribution in [0.4, 0.5) is 4.39 Å². The number of aliphatic imine (C=N–C) groups is 1. The van der Waals surface area contributed by atoms with E-state index >= 15 is 0 Å². The van der Waals surface area contributed by atoms with E-state index in [4.69, 9.17) is 5.26 Å². The van der Waals surface area contributed by atoms with Crippen molar-refractivity contribution in [3.8, 4) is 6.19 Å². The van der Waals surface area contributed by atoms with Crippen molar-refractivity contribution in [2.75, 3.05) is 6.54 Å². The van der Waals surface area contributed by atoms with Crippen LogP contribution in [0.1, 0.15) is 6.42 Å². The first-order chi connectivity index (χ1) is 4.34. The van der Waals surface area contributed by atoms with Crippen molar-refractivity contribution in [3.63, 3.8) is 0 Å². The van der Waals surface area contributed by atoms with Crippen LogP contribution in [0, 0.1) is 11.5 Å². The highest BCUT2D eigenvalue weighted by Gasteiger charge is 2.18. The molecule has 0 saturated carbocycles. The normalized spacial score (nSPS) is 24.9. The highest BCUT2D eigenvalue weighted by atomic mass is 19.1. The lowest BCUT2D eigenvalue weighted by molar-refractivity contribution is 0.418. The maximum atomic E-state index is 12.4. The molecule has 48 valence electrons. The minimum atomic E-state index is -1.05. The van der Waals surface area contributed by atoms with Crippen molar-refractivity contribution in [2.45, 2.75) is 12.6 Å². The third-order valence-electron chi connectivity index (χ3n) is 1.15. The highest BCUT2D eigenvalue weighted by Crippen LogP contribution is 2.06. The molecule has 9 heavy (non-hydrogen) atoms. The number of amidine groups is 1. The van der Waals surface area contributed by atoms with Gasteiger partial charge in [-0.05, 0) is 0 Å². The molecule has 0 bridgehead atoms. The van der Waals surface area contributed by atoms with Crippen molar-refractivity contribution >= 4 is 5.84 Å². The minimum Gasteiger partial charge on any atom is -0.278 e. The van der Waals surface area contributed by atoms with Crippen LogP contribution in [0.15, 0.2) is 4.99 Å². The summed E-state index contributed by atoms with van der Waals surface area (Å²) < 4.78 is 12.4. The van der Waals surface area contributed by atoms with Gasteiger partial charge in [-0.25, -0.2) is 4.39 Å². The van der Waals surface area contributed by atoms with Crippen molar-refractivity contribution in [2.24, 2.45) is 4.99 Å². The molecule has 1 atom stereocenters. The first-order valence-electron chi connectivity index (χ1n) is 2.68.